The number of nitrogens with one attached hydrogen (secondary N) is 1. The van der Waals surface area contributed by atoms with E-state index in [1.54, 1.807) is 36.6 Å². The highest BCUT2D eigenvalue weighted by molar-refractivity contribution is 7.10. The van der Waals surface area contributed by atoms with Gasteiger partial charge in [0.05, 0.1) is 12.7 Å². The number of anilines is 1. The second-order valence-electron chi connectivity index (χ2n) is 5.50. The van der Waals surface area contributed by atoms with Gasteiger partial charge in [0.1, 0.15) is 5.75 Å². The van der Waals surface area contributed by atoms with Crippen LogP contribution in [0.4, 0.5) is 5.69 Å². The van der Waals surface area contributed by atoms with Crippen molar-refractivity contribution in [1.29, 1.82) is 0 Å². The van der Waals surface area contributed by atoms with Crippen LogP contribution in [0.3, 0.4) is 0 Å². The number of ether oxygens (including phenoxy) is 1. The van der Waals surface area contributed by atoms with Crippen LogP contribution < -0.4 is 15.8 Å². The summed E-state index contributed by atoms with van der Waals surface area (Å²) in [5.74, 6) is 0.475. The van der Waals surface area contributed by atoms with Crippen LogP contribution in [-0.4, -0.2) is 19.6 Å². The number of carbonyl (C=O) groups excluding carboxylic acids is 1. The van der Waals surface area contributed by atoms with Crippen LogP contribution in [-0.2, 0) is 5.41 Å². The van der Waals surface area contributed by atoms with Gasteiger partial charge in [0.15, 0.2) is 0 Å². The number of carbonyl (C=O) groups is 1. The Kier molecular flexibility index (Phi) is 4.53. The van der Waals surface area contributed by atoms with Crippen LogP contribution in [0.25, 0.3) is 0 Å². The third-order valence-electron chi connectivity index (χ3n) is 3.38. The smallest absolute Gasteiger partial charge is 0.253 e. The molecule has 0 radical (unpaired) electrons. The first-order valence-electron chi connectivity index (χ1n) is 6.70. The average molecular weight is 304 g/mol. The van der Waals surface area contributed by atoms with Crippen molar-refractivity contribution in [1.82, 2.24) is 5.32 Å². The average Bonchev–Trinajstić information content (AvgIpc) is 2.99. The zero-order chi connectivity index (χ0) is 15.5. The number of amides is 1. The molecule has 0 aliphatic rings. The van der Waals surface area contributed by atoms with E-state index in [4.69, 9.17) is 10.5 Å². The Bertz CT molecular complexity index is 621. The van der Waals surface area contributed by atoms with E-state index in [0.29, 0.717) is 23.5 Å². The van der Waals surface area contributed by atoms with Crippen molar-refractivity contribution in [3.63, 3.8) is 0 Å². The van der Waals surface area contributed by atoms with Gasteiger partial charge in [-0.15, -0.1) is 11.3 Å². The zero-order valence-electron chi connectivity index (χ0n) is 12.5. The summed E-state index contributed by atoms with van der Waals surface area (Å²) in [6.07, 6.45) is 0. The van der Waals surface area contributed by atoms with E-state index < -0.39 is 0 Å². The first-order valence-corrected chi connectivity index (χ1v) is 7.58. The molecule has 21 heavy (non-hydrogen) atoms. The number of rotatable bonds is 5. The molecule has 0 saturated heterocycles. The molecule has 2 rings (SSSR count). The summed E-state index contributed by atoms with van der Waals surface area (Å²) in [5.41, 5.74) is 6.67. The third kappa shape index (κ3) is 3.55. The largest absolute Gasteiger partial charge is 0.497 e. The van der Waals surface area contributed by atoms with Crippen LogP contribution in [0.1, 0.15) is 29.1 Å². The molecule has 1 aromatic heterocycles. The van der Waals surface area contributed by atoms with Gasteiger partial charge >= 0.3 is 0 Å². The highest BCUT2D eigenvalue weighted by Gasteiger charge is 2.23. The van der Waals surface area contributed by atoms with Crippen LogP contribution >= 0.6 is 11.3 Å². The van der Waals surface area contributed by atoms with E-state index in [-0.39, 0.29) is 11.3 Å². The predicted octanol–water partition coefficient (Wildman–Crippen LogP) is 3.05. The second-order valence-corrected chi connectivity index (χ2v) is 6.44. The summed E-state index contributed by atoms with van der Waals surface area (Å²) in [7, 11) is 1.57. The topological polar surface area (TPSA) is 64.3 Å². The normalized spacial score (nSPS) is 11.2. The molecule has 3 N–H and O–H groups in total. The van der Waals surface area contributed by atoms with Gasteiger partial charge in [-0.25, -0.2) is 0 Å². The number of hydrogen-bond donors (Lipinski definition) is 2. The summed E-state index contributed by atoms with van der Waals surface area (Å²) < 4.78 is 5.08. The van der Waals surface area contributed by atoms with Crippen molar-refractivity contribution in [2.75, 3.05) is 19.4 Å². The Morgan fingerprint density at radius 3 is 2.71 bits per heavy atom. The van der Waals surface area contributed by atoms with E-state index >= 15 is 0 Å². The lowest BCUT2D eigenvalue weighted by Gasteiger charge is -2.23. The minimum Gasteiger partial charge on any atom is -0.497 e. The molecule has 0 fully saturated rings. The molecule has 1 amide bonds. The van der Waals surface area contributed by atoms with E-state index in [1.165, 1.54) is 4.88 Å². The molecule has 0 aliphatic heterocycles. The van der Waals surface area contributed by atoms with E-state index in [9.17, 15) is 4.79 Å². The monoisotopic (exact) mass is 304 g/mol. The van der Waals surface area contributed by atoms with Crippen LogP contribution in [0.5, 0.6) is 5.75 Å². The van der Waals surface area contributed by atoms with Crippen molar-refractivity contribution in [3.05, 3.63) is 46.2 Å². The summed E-state index contributed by atoms with van der Waals surface area (Å²) >= 11 is 1.69. The molecule has 1 heterocycles. The molecule has 112 valence electrons. The minimum atomic E-state index is -0.167. The Morgan fingerprint density at radius 1 is 1.38 bits per heavy atom. The number of nitrogens with two attached hydrogens (primary N) is 1. The summed E-state index contributed by atoms with van der Waals surface area (Å²) in [6, 6.07) is 9.17. The first-order chi connectivity index (χ1) is 9.94. The molecule has 0 aliphatic carbocycles. The van der Waals surface area contributed by atoms with E-state index in [0.717, 1.165) is 0 Å². The second kappa shape index (κ2) is 6.18. The maximum Gasteiger partial charge on any atom is 0.253 e. The van der Waals surface area contributed by atoms with Gasteiger partial charge in [0.25, 0.3) is 5.91 Å². The Balaban J connectivity index is 2.05. The predicted molar refractivity (Wildman–Crippen MR) is 87.1 cm³/mol. The molecule has 0 saturated carbocycles. The Morgan fingerprint density at radius 2 is 2.14 bits per heavy atom. The van der Waals surface area contributed by atoms with Gasteiger partial charge in [-0.05, 0) is 23.6 Å². The van der Waals surface area contributed by atoms with Crippen molar-refractivity contribution < 1.29 is 9.53 Å². The zero-order valence-corrected chi connectivity index (χ0v) is 13.3. The summed E-state index contributed by atoms with van der Waals surface area (Å²) in [4.78, 5) is 13.5. The van der Waals surface area contributed by atoms with Crippen LogP contribution in [0.15, 0.2) is 35.7 Å². The van der Waals surface area contributed by atoms with E-state index in [1.807, 2.05) is 11.4 Å². The molecule has 0 spiro atoms. The SMILES string of the molecule is COc1ccc(C(=O)NCC(C)(C)c2cccs2)c(N)c1. The molecule has 2 aromatic rings. The van der Waals surface area contributed by atoms with Crippen LogP contribution in [0.2, 0.25) is 0 Å². The van der Waals surface area contributed by atoms with Gasteiger partial charge < -0.3 is 15.8 Å². The van der Waals surface area contributed by atoms with Crippen molar-refractivity contribution in [3.8, 4) is 5.75 Å². The molecule has 0 unspecified atom stereocenters. The highest BCUT2D eigenvalue weighted by atomic mass is 32.1. The summed E-state index contributed by atoms with van der Waals surface area (Å²) in [5, 5.41) is 4.99. The molecule has 5 heteroatoms. The molecule has 1 aromatic carbocycles. The fourth-order valence-electron chi connectivity index (χ4n) is 2.02. The lowest BCUT2D eigenvalue weighted by molar-refractivity contribution is 0.0947. The number of hydrogen-bond acceptors (Lipinski definition) is 4. The lowest BCUT2D eigenvalue weighted by atomic mass is 9.91. The maximum absolute atomic E-state index is 12.3. The quantitative estimate of drug-likeness (QED) is 0.835. The first kappa shape index (κ1) is 15.4. The molecule has 0 atom stereocenters. The van der Waals surface area contributed by atoms with Gasteiger partial charge in [-0.3, -0.25) is 4.79 Å². The van der Waals surface area contributed by atoms with E-state index in [2.05, 4.69) is 25.2 Å². The maximum atomic E-state index is 12.3. The van der Waals surface area contributed by atoms with Crippen LogP contribution in [0, 0.1) is 0 Å². The molecule has 0 bridgehead atoms. The number of methoxy groups -OCH3 is 1. The summed E-state index contributed by atoms with van der Waals surface area (Å²) in [6.45, 7) is 4.77. The van der Waals surface area contributed by atoms with Gasteiger partial charge in [-0.1, -0.05) is 19.9 Å². The molecular formula is C16H20N2O2S. The third-order valence-corrected chi connectivity index (χ3v) is 4.62. The molecule has 4 nitrogen and oxygen atoms in total. The Hall–Kier alpha value is -2.01. The highest BCUT2D eigenvalue weighted by Crippen LogP contribution is 2.27. The fourth-order valence-corrected chi connectivity index (χ4v) is 2.87. The molecular weight excluding hydrogens is 284 g/mol. The van der Waals surface area contributed by atoms with Crippen molar-refractivity contribution in [2.45, 2.75) is 19.3 Å². The number of nitrogen functional groups attached to an aromatic ring is 1. The Labute approximate surface area is 128 Å². The fraction of sp³-hybridized carbons (Fsp3) is 0.312. The number of benzene rings is 1. The van der Waals surface area contributed by atoms with Gasteiger partial charge in [0, 0.05) is 28.6 Å². The van der Waals surface area contributed by atoms with Gasteiger partial charge in [0.2, 0.25) is 0 Å². The number of thiophene rings is 1. The lowest BCUT2D eigenvalue weighted by Crippen LogP contribution is -2.36. The standard InChI is InChI=1S/C16H20N2O2S/c1-16(2,14-5-4-8-21-14)10-18-15(19)12-7-6-11(20-3)9-13(12)17/h4-9H,10,17H2,1-3H3,(H,18,19). The van der Waals surface area contributed by atoms with Crippen molar-refractivity contribution >= 4 is 22.9 Å². The van der Waals surface area contributed by atoms with Crippen molar-refractivity contribution in [2.24, 2.45) is 0 Å². The van der Waals surface area contributed by atoms with Gasteiger partial charge in [-0.2, -0.15) is 0 Å². The minimum absolute atomic E-state index is 0.106.